The number of nitrogens with zero attached hydrogens (tertiary/aromatic N) is 2. The maximum absolute atomic E-state index is 12.9. The number of carbonyl (C=O) groups excluding carboxylic acids is 2. The van der Waals surface area contributed by atoms with Crippen molar-refractivity contribution in [2.75, 3.05) is 14.2 Å². The number of carbonyl (C=O) groups is 2. The van der Waals surface area contributed by atoms with E-state index in [9.17, 15) is 24.8 Å². The molecular weight excluding hydrogens is 376 g/mol. The molecule has 4 rings (SSSR count). The van der Waals surface area contributed by atoms with Crippen LogP contribution in [0.15, 0.2) is 34.7 Å². The van der Waals surface area contributed by atoms with Crippen LogP contribution in [-0.2, 0) is 9.59 Å². The van der Waals surface area contributed by atoms with Crippen molar-refractivity contribution in [3.63, 3.8) is 0 Å². The molecule has 29 heavy (non-hydrogen) atoms. The standard InChI is InChI=1S/C21H22N2O6/c1-22-12-5-3-7-15(24)19(12)18(20-13(22)6-4-8-16(20)25)11-9-14(23(27)28)21(26)17(10-11)29-2/h9-10,18,26H,3-8H2,1-2H3. The maximum Gasteiger partial charge on any atom is 0.314 e. The first kappa shape index (κ1) is 19.2. The van der Waals surface area contributed by atoms with Gasteiger partial charge < -0.3 is 14.7 Å². The molecule has 2 aliphatic carbocycles. The summed E-state index contributed by atoms with van der Waals surface area (Å²) in [7, 11) is 3.20. The zero-order valence-corrected chi connectivity index (χ0v) is 16.4. The summed E-state index contributed by atoms with van der Waals surface area (Å²) in [6.07, 6.45) is 3.69. The van der Waals surface area contributed by atoms with Gasteiger partial charge in [0, 0.05) is 54.4 Å². The number of Topliss-reactive ketones (excluding diaryl/α,β-unsaturated/α-hetero) is 2. The van der Waals surface area contributed by atoms with Gasteiger partial charge in [0.15, 0.2) is 17.3 Å². The number of allylic oxidation sites excluding steroid dienone is 4. The van der Waals surface area contributed by atoms with E-state index in [1.165, 1.54) is 19.2 Å². The molecule has 0 fully saturated rings. The van der Waals surface area contributed by atoms with Crippen LogP contribution in [0.5, 0.6) is 11.5 Å². The van der Waals surface area contributed by atoms with E-state index in [0.29, 0.717) is 29.6 Å². The van der Waals surface area contributed by atoms with Gasteiger partial charge in [0.05, 0.1) is 12.0 Å². The van der Waals surface area contributed by atoms with Crippen LogP contribution in [0.1, 0.15) is 50.0 Å². The molecular formula is C21H22N2O6. The second kappa shape index (κ2) is 7.02. The fourth-order valence-corrected chi connectivity index (χ4v) is 4.76. The largest absolute Gasteiger partial charge is 0.500 e. The van der Waals surface area contributed by atoms with Gasteiger partial charge in [0.25, 0.3) is 0 Å². The Kier molecular flexibility index (Phi) is 4.64. The van der Waals surface area contributed by atoms with Crippen molar-refractivity contribution in [1.82, 2.24) is 4.90 Å². The highest BCUT2D eigenvalue weighted by molar-refractivity contribution is 6.06. The first-order chi connectivity index (χ1) is 13.8. The Morgan fingerprint density at radius 2 is 1.62 bits per heavy atom. The quantitative estimate of drug-likeness (QED) is 0.614. The van der Waals surface area contributed by atoms with Crippen molar-refractivity contribution >= 4 is 17.3 Å². The molecule has 0 unspecified atom stereocenters. The summed E-state index contributed by atoms with van der Waals surface area (Å²) >= 11 is 0. The Labute approximate surface area is 167 Å². The number of ether oxygens (including phenoxy) is 1. The van der Waals surface area contributed by atoms with E-state index in [1.54, 1.807) is 0 Å². The van der Waals surface area contributed by atoms with E-state index in [1.807, 2.05) is 11.9 Å². The van der Waals surface area contributed by atoms with E-state index in [0.717, 1.165) is 37.1 Å². The Hall–Kier alpha value is -3.16. The van der Waals surface area contributed by atoms with E-state index in [4.69, 9.17) is 4.74 Å². The summed E-state index contributed by atoms with van der Waals surface area (Å²) in [5, 5.41) is 21.7. The molecule has 8 heteroatoms. The lowest BCUT2D eigenvalue weighted by molar-refractivity contribution is -0.386. The molecule has 0 saturated heterocycles. The number of nitro groups is 1. The van der Waals surface area contributed by atoms with Crippen LogP contribution in [0.3, 0.4) is 0 Å². The third-order valence-electron chi connectivity index (χ3n) is 6.07. The molecule has 0 spiro atoms. The summed E-state index contributed by atoms with van der Waals surface area (Å²) in [4.78, 5) is 38.7. The molecule has 0 atom stereocenters. The van der Waals surface area contributed by atoms with Crippen molar-refractivity contribution in [3.05, 3.63) is 50.4 Å². The van der Waals surface area contributed by atoms with Gasteiger partial charge in [0.1, 0.15) is 0 Å². The number of hydrogen-bond acceptors (Lipinski definition) is 7. The van der Waals surface area contributed by atoms with E-state index in [-0.39, 0.29) is 17.3 Å². The maximum atomic E-state index is 12.9. The Morgan fingerprint density at radius 1 is 1.07 bits per heavy atom. The number of methoxy groups -OCH3 is 1. The number of benzene rings is 1. The minimum atomic E-state index is -0.688. The molecule has 3 aliphatic rings. The third kappa shape index (κ3) is 2.90. The normalized spacial score (nSPS) is 20.0. The average Bonchev–Trinajstić information content (AvgIpc) is 2.69. The van der Waals surface area contributed by atoms with Crippen LogP contribution in [0, 0.1) is 10.1 Å². The van der Waals surface area contributed by atoms with E-state index < -0.39 is 22.3 Å². The minimum Gasteiger partial charge on any atom is -0.500 e. The number of rotatable bonds is 3. The lowest BCUT2D eigenvalue weighted by atomic mass is 9.71. The summed E-state index contributed by atoms with van der Waals surface area (Å²) < 4.78 is 5.15. The Bertz CT molecular complexity index is 963. The zero-order valence-electron chi connectivity index (χ0n) is 16.4. The summed E-state index contributed by atoms with van der Waals surface area (Å²) in [5.74, 6) is -1.37. The van der Waals surface area contributed by atoms with Crippen LogP contribution >= 0.6 is 0 Å². The molecule has 0 bridgehead atoms. The highest BCUT2D eigenvalue weighted by Gasteiger charge is 2.43. The predicted octanol–water partition coefficient (Wildman–Crippen LogP) is 3.35. The molecule has 0 saturated carbocycles. The number of hydrogen-bond donors (Lipinski definition) is 1. The minimum absolute atomic E-state index is 0.0391. The summed E-state index contributed by atoms with van der Waals surface area (Å²) in [6, 6.07) is 2.75. The molecule has 152 valence electrons. The van der Waals surface area contributed by atoms with Crippen molar-refractivity contribution in [2.45, 2.75) is 44.4 Å². The summed E-state index contributed by atoms with van der Waals surface area (Å²) in [6.45, 7) is 0. The fraction of sp³-hybridized carbons (Fsp3) is 0.429. The van der Waals surface area contributed by atoms with Gasteiger partial charge in [-0.2, -0.15) is 0 Å². The molecule has 0 aromatic heterocycles. The molecule has 1 N–H and O–H groups in total. The van der Waals surface area contributed by atoms with Crippen molar-refractivity contribution < 1.29 is 24.4 Å². The SMILES string of the molecule is COc1cc(C2C3=C(CCCC3=O)N(C)C3=C2C(=O)CCC3)cc([N+](=O)[O-])c1O. The molecule has 1 aromatic carbocycles. The molecule has 8 nitrogen and oxygen atoms in total. The number of phenols is 1. The topological polar surface area (TPSA) is 110 Å². The lowest BCUT2D eigenvalue weighted by Crippen LogP contribution is -2.37. The van der Waals surface area contributed by atoms with Crippen LogP contribution in [0.4, 0.5) is 5.69 Å². The third-order valence-corrected chi connectivity index (χ3v) is 6.07. The fourth-order valence-electron chi connectivity index (χ4n) is 4.76. The second-order valence-electron chi connectivity index (χ2n) is 7.61. The highest BCUT2D eigenvalue weighted by Crippen LogP contribution is 2.50. The zero-order chi connectivity index (χ0) is 20.9. The number of phenolic OH excluding ortho intramolecular Hbond substituents is 1. The first-order valence-corrected chi connectivity index (χ1v) is 9.66. The monoisotopic (exact) mass is 398 g/mol. The molecule has 0 radical (unpaired) electrons. The number of ketones is 2. The lowest BCUT2D eigenvalue weighted by Gasteiger charge is -2.42. The van der Waals surface area contributed by atoms with Gasteiger partial charge in [-0.1, -0.05) is 0 Å². The van der Waals surface area contributed by atoms with Crippen molar-refractivity contribution in [3.8, 4) is 11.5 Å². The highest BCUT2D eigenvalue weighted by atomic mass is 16.6. The number of aromatic hydroxyl groups is 1. The Balaban J connectivity index is 2.01. The molecule has 1 aromatic rings. The molecule has 0 amide bonds. The van der Waals surface area contributed by atoms with Crippen LogP contribution in [0.25, 0.3) is 0 Å². The second-order valence-corrected chi connectivity index (χ2v) is 7.61. The first-order valence-electron chi connectivity index (χ1n) is 9.66. The van der Waals surface area contributed by atoms with Gasteiger partial charge in [-0.05, 0) is 37.3 Å². The molecule has 1 heterocycles. The Morgan fingerprint density at radius 3 is 2.10 bits per heavy atom. The van der Waals surface area contributed by atoms with Crippen LogP contribution in [-0.4, -0.2) is 40.7 Å². The predicted molar refractivity (Wildman–Crippen MR) is 104 cm³/mol. The number of nitro benzene ring substituents is 1. The molecule has 1 aliphatic heterocycles. The van der Waals surface area contributed by atoms with E-state index in [2.05, 4.69) is 0 Å². The van der Waals surface area contributed by atoms with Gasteiger partial charge in [-0.25, -0.2) is 0 Å². The van der Waals surface area contributed by atoms with Crippen molar-refractivity contribution in [1.29, 1.82) is 0 Å². The van der Waals surface area contributed by atoms with E-state index >= 15 is 0 Å². The van der Waals surface area contributed by atoms with Crippen LogP contribution < -0.4 is 4.74 Å². The van der Waals surface area contributed by atoms with Gasteiger partial charge in [-0.15, -0.1) is 0 Å². The van der Waals surface area contributed by atoms with Gasteiger partial charge in [-0.3, -0.25) is 19.7 Å². The summed E-state index contributed by atoms with van der Waals surface area (Å²) in [5.41, 5.74) is 2.76. The van der Waals surface area contributed by atoms with Crippen LogP contribution in [0.2, 0.25) is 0 Å². The van der Waals surface area contributed by atoms with Gasteiger partial charge >= 0.3 is 5.69 Å². The smallest absolute Gasteiger partial charge is 0.314 e. The van der Waals surface area contributed by atoms with Crippen molar-refractivity contribution in [2.24, 2.45) is 0 Å². The van der Waals surface area contributed by atoms with Gasteiger partial charge in [0.2, 0.25) is 5.75 Å². The average molecular weight is 398 g/mol.